The van der Waals surface area contributed by atoms with E-state index in [-0.39, 0.29) is 30.8 Å². The van der Waals surface area contributed by atoms with Gasteiger partial charge in [-0.1, -0.05) is 24.3 Å². The maximum absolute atomic E-state index is 13.8. The van der Waals surface area contributed by atoms with Crippen molar-refractivity contribution >= 4 is 23.3 Å². The van der Waals surface area contributed by atoms with Gasteiger partial charge in [0.2, 0.25) is 5.91 Å². The highest BCUT2D eigenvalue weighted by molar-refractivity contribution is 6.04. The molecule has 2 amide bonds. The van der Waals surface area contributed by atoms with Crippen LogP contribution < -0.4 is 9.80 Å². The zero-order valence-electron chi connectivity index (χ0n) is 22.7. The number of aryl methyl sites for hydroxylation is 1. The van der Waals surface area contributed by atoms with Crippen molar-refractivity contribution in [2.45, 2.75) is 38.5 Å². The molecule has 0 unspecified atom stereocenters. The monoisotopic (exact) mass is 579 g/mol. The number of carbonyl (C=O) groups is 2. The maximum Gasteiger partial charge on any atom is 0.416 e. The van der Waals surface area contributed by atoms with E-state index < -0.39 is 40.4 Å². The van der Waals surface area contributed by atoms with Gasteiger partial charge in [0.1, 0.15) is 12.4 Å². The summed E-state index contributed by atoms with van der Waals surface area (Å²) in [5, 5.41) is 0. The molecule has 0 atom stereocenters. The number of anilines is 2. The number of ether oxygens (including phenoxy) is 1. The number of benzene rings is 2. The van der Waals surface area contributed by atoms with Crippen LogP contribution in [0.4, 0.5) is 37.8 Å². The Bertz CT molecular complexity index is 1450. The van der Waals surface area contributed by atoms with Gasteiger partial charge >= 0.3 is 12.4 Å². The molecule has 0 N–H and O–H groups in total. The molecule has 1 fully saturated rings. The molecule has 4 rings (SSSR count). The van der Waals surface area contributed by atoms with Gasteiger partial charge in [0, 0.05) is 12.6 Å². The Morgan fingerprint density at radius 3 is 2.07 bits per heavy atom. The second-order valence-electron chi connectivity index (χ2n) is 10.3. The zero-order valence-corrected chi connectivity index (χ0v) is 22.7. The minimum Gasteiger partial charge on any atom is -0.370 e. The number of halogens is 6. The first-order valence-corrected chi connectivity index (χ1v) is 12.5. The molecule has 6 nitrogen and oxygen atoms in total. The topological polar surface area (TPSA) is 62.7 Å². The van der Waals surface area contributed by atoms with Gasteiger partial charge in [0.15, 0.2) is 0 Å². The summed E-state index contributed by atoms with van der Waals surface area (Å²) in [5.41, 5.74) is -2.99. The molecule has 0 radical (unpaired) electrons. The summed E-state index contributed by atoms with van der Waals surface area (Å²) in [6, 6.07) is 10.0. The van der Waals surface area contributed by atoms with Crippen LogP contribution in [0.5, 0.6) is 0 Å². The summed E-state index contributed by atoms with van der Waals surface area (Å²) >= 11 is 0. The van der Waals surface area contributed by atoms with E-state index in [1.807, 2.05) is 19.1 Å². The lowest BCUT2D eigenvalue weighted by Gasteiger charge is -2.32. The summed E-state index contributed by atoms with van der Waals surface area (Å²) in [5.74, 6) is -0.757. The molecule has 0 bridgehead atoms. The molecule has 3 aromatic rings. The predicted octanol–water partition coefficient (Wildman–Crippen LogP) is 6.40. The van der Waals surface area contributed by atoms with E-state index in [1.165, 1.54) is 32.0 Å². The summed E-state index contributed by atoms with van der Waals surface area (Å²) in [6.07, 6.45) is -8.76. The van der Waals surface area contributed by atoms with Gasteiger partial charge in [-0.15, -0.1) is 0 Å². The van der Waals surface area contributed by atoms with Crippen LogP contribution in [-0.2, 0) is 32.1 Å². The van der Waals surface area contributed by atoms with Crippen molar-refractivity contribution in [3.05, 3.63) is 77.0 Å². The number of morpholine rings is 1. The molecule has 0 spiro atoms. The van der Waals surface area contributed by atoms with Gasteiger partial charge in [0.25, 0.3) is 5.91 Å². The molecule has 0 aliphatic carbocycles. The van der Waals surface area contributed by atoms with Crippen LogP contribution in [-0.4, -0.2) is 43.6 Å². The predicted molar refractivity (Wildman–Crippen MR) is 140 cm³/mol. The third-order valence-corrected chi connectivity index (χ3v) is 7.08. The minimum atomic E-state index is -5.06. The van der Waals surface area contributed by atoms with Crippen molar-refractivity contribution in [2.75, 3.05) is 36.6 Å². The van der Waals surface area contributed by atoms with Gasteiger partial charge < -0.3 is 9.64 Å². The first kappa shape index (κ1) is 30.0. The van der Waals surface area contributed by atoms with Crippen LogP contribution in [0.25, 0.3) is 11.1 Å². The fourth-order valence-electron chi connectivity index (χ4n) is 4.67. The van der Waals surface area contributed by atoms with Crippen molar-refractivity contribution < 1.29 is 40.7 Å². The Morgan fingerprint density at radius 2 is 1.51 bits per heavy atom. The molecule has 1 saturated heterocycles. The van der Waals surface area contributed by atoms with Crippen molar-refractivity contribution in [3.63, 3.8) is 0 Å². The quantitative estimate of drug-likeness (QED) is 0.329. The summed E-state index contributed by atoms with van der Waals surface area (Å²) in [7, 11) is 1.38. The molecule has 0 saturated carbocycles. The summed E-state index contributed by atoms with van der Waals surface area (Å²) in [6.45, 7) is 4.82. The molecule has 12 heteroatoms. The molecule has 2 heterocycles. The smallest absolute Gasteiger partial charge is 0.370 e. The second kappa shape index (κ2) is 10.8. The lowest BCUT2D eigenvalue weighted by atomic mass is 9.81. The van der Waals surface area contributed by atoms with Crippen LogP contribution in [0.1, 0.15) is 36.1 Å². The second-order valence-corrected chi connectivity index (χ2v) is 10.3. The average Bonchev–Trinajstić information content (AvgIpc) is 2.91. The van der Waals surface area contributed by atoms with Gasteiger partial charge in [-0.2, -0.15) is 26.3 Å². The van der Waals surface area contributed by atoms with E-state index in [4.69, 9.17) is 4.74 Å². The Hall–Kier alpha value is -3.93. The fourth-order valence-corrected chi connectivity index (χ4v) is 4.67. The highest BCUT2D eigenvalue weighted by Gasteiger charge is 2.41. The van der Waals surface area contributed by atoms with Gasteiger partial charge in [-0.05, 0) is 61.7 Å². The molecular formula is C29H27F6N3O3. The maximum atomic E-state index is 13.8. The standard InChI is InChI=1S/C29H27F6N3O3/c1-17-7-5-6-8-21(17)22-14-24(38-9-10-41-16-25(38)39)36-15-23(22)37(4)26(40)27(2,3)18-11-19(28(30,31)32)13-20(12-18)29(33,34)35/h5-8,11-15H,9-10,16H2,1-4H3. The number of hydrogen-bond donors (Lipinski definition) is 0. The van der Waals surface area contributed by atoms with E-state index in [2.05, 4.69) is 4.98 Å². The first-order valence-electron chi connectivity index (χ1n) is 12.5. The number of nitrogens with zero attached hydrogens (tertiary/aromatic N) is 3. The van der Waals surface area contributed by atoms with Crippen LogP contribution >= 0.6 is 0 Å². The highest BCUT2D eigenvalue weighted by atomic mass is 19.4. The average molecular weight is 580 g/mol. The van der Waals surface area contributed by atoms with Crippen LogP contribution in [0.15, 0.2) is 54.7 Å². The molecule has 218 valence electrons. The Labute approximate surface area is 232 Å². The number of rotatable bonds is 5. The lowest BCUT2D eigenvalue weighted by Crippen LogP contribution is -2.43. The van der Waals surface area contributed by atoms with Crippen LogP contribution in [0.2, 0.25) is 0 Å². The van der Waals surface area contributed by atoms with Crippen LogP contribution in [0.3, 0.4) is 0 Å². The number of pyridine rings is 1. The Kier molecular flexibility index (Phi) is 7.92. The van der Waals surface area contributed by atoms with E-state index in [1.54, 1.807) is 18.2 Å². The Morgan fingerprint density at radius 1 is 0.927 bits per heavy atom. The zero-order chi connectivity index (χ0) is 30.3. The normalized spacial score (nSPS) is 14.8. The van der Waals surface area contributed by atoms with Crippen molar-refractivity contribution in [1.29, 1.82) is 0 Å². The van der Waals surface area contributed by atoms with Gasteiger partial charge in [-0.3, -0.25) is 14.5 Å². The van der Waals surface area contributed by atoms with Crippen molar-refractivity contribution in [3.8, 4) is 11.1 Å². The van der Waals surface area contributed by atoms with Gasteiger partial charge in [0.05, 0.1) is 41.6 Å². The van der Waals surface area contributed by atoms with Crippen LogP contribution in [0, 0.1) is 6.92 Å². The first-order chi connectivity index (χ1) is 19.0. The van der Waals surface area contributed by atoms with E-state index >= 15 is 0 Å². The van der Waals surface area contributed by atoms with Crippen molar-refractivity contribution in [1.82, 2.24) is 4.98 Å². The summed E-state index contributed by atoms with van der Waals surface area (Å²) in [4.78, 5) is 33.3. The number of hydrogen-bond acceptors (Lipinski definition) is 4. The largest absolute Gasteiger partial charge is 0.416 e. The molecule has 1 aliphatic rings. The van der Waals surface area contributed by atoms with E-state index in [0.717, 1.165) is 10.5 Å². The van der Waals surface area contributed by atoms with Gasteiger partial charge in [-0.25, -0.2) is 4.98 Å². The third kappa shape index (κ3) is 6.07. The van der Waals surface area contributed by atoms with E-state index in [0.29, 0.717) is 35.7 Å². The molecular weight excluding hydrogens is 552 g/mol. The van der Waals surface area contributed by atoms with E-state index in [9.17, 15) is 35.9 Å². The highest BCUT2D eigenvalue weighted by Crippen LogP contribution is 2.41. The number of alkyl halides is 6. The minimum absolute atomic E-state index is 0.0274. The fraction of sp³-hybridized carbons (Fsp3) is 0.345. The number of amides is 2. The molecule has 1 aromatic heterocycles. The molecule has 2 aromatic carbocycles. The summed E-state index contributed by atoms with van der Waals surface area (Å²) < 4.78 is 86.4. The van der Waals surface area contributed by atoms with Crippen molar-refractivity contribution in [2.24, 2.45) is 0 Å². The lowest BCUT2D eigenvalue weighted by molar-refractivity contribution is -0.143. The Balaban J connectivity index is 1.82. The molecule has 41 heavy (non-hydrogen) atoms. The SMILES string of the molecule is Cc1ccccc1-c1cc(N2CCOCC2=O)ncc1N(C)C(=O)C(C)(C)c1cc(C(F)(F)F)cc(C(F)(F)F)c1. The number of carbonyl (C=O) groups excluding carboxylic acids is 2. The number of aromatic nitrogens is 1. The third-order valence-electron chi connectivity index (χ3n) is 7.08. The number of likely N-dealkylation sites (N-methyl/N-ethyl adjacent to an activating group) is 1. The molecule has 1 aliphatic heterocycles.